The number of anilines is 1. The number of pyridine rings is 1. The number of halogens is 2. The molecule has 1 aromatic heterocycles. The second-order valence-corrected chi connectivity index (χ2v) is 10.2. The van der Waals surface area contributed by atoms with Gasteiger partial charge in [0, 0.05) is 49.8 Å². The van der Waals surface area contributed by atoms with E-state index in [1.807, 2.05) is 31.2 Å². The molecule has 0 bridgehead atoms. The summed E-state index contributed by atoms with van der Waals surface area (Å²) in [5.74, 6) is -0.522. The monoisotopic (exact) mass is 620 g/mol. The van der Waals surface area contributed by atoms with Crippen LogP contribution in [0.3, 0.4) is 0 Å². The fourth-order valence-electron chi connectivity index (χ4n) is 4.84. The van der Waals surface area contributed by atoms with Gasteiger partial charge in [-0.05, 0) is 53.5 Å². The van der Waals surface area contributed by atoms with Crippen molar-refractivity contribution in [2.24, 2.45) is 0 Å². The lowest BCUT2D eigenvalue weighted by Crippen LogP contribution is -2.16. The number of nitrogens with zero attached hydrogens (tertiary/aromatic N) is 1. The average Bonchev–Trinajstić information content (AvgIpc) is 3.04. The fraction of sp³-hybridized carbons (Fsp3) is 0.235. The van der Waals surface area contributed by atoms with E-state index in [0.29, 0.717) is 49.8 Å². The summed E-state index contributed by atoms with van der Waals surface area (Å²) in [4.78, 5) is 17.6. The second kappa shape index (κ2) is 15.1. The molecule has 2 N–H and O–H groups in total. The minimum atomic E-state index is -0.659. The standard InChI is InChI=1S/C34H34ClFN2O6/c1-20-21(14-28(36)22-12-13-23(18-39)31(16-22)42-3)8-6-9-25(20)26-10-7-11-29(32(26)35)38-33(40)30-15-24(19-41-2)27(17-37-30)34(43-4)44-5/h6-17,34,39H,18-19H2,1-5H3,(H,38,40)/b28-14-. The van der Waals surface area contributed by atoms with Crippen LogP contribution in [0.2, 0.25) is 5.02 Å². The number of aliphatic hydroxyl groups is 1. The zero-order valence-corrected chi connectivity index (χ0v) is 25.9. The lowest BCUT2D eigenvalue weighted by atomic mass is 9.95. The number of benzene rings is 3. The van der Waals surface area contributed by atoms with Crippen molar-refractivity contribution in [3.8, 4) is 16.9 Å². The number of hydrogen-bond donors (Lipinski definition) is 2. The first-order valence-corrected chi connectivity index (χ1v) is 14.0. The largest absolute Gasteiger partial charge is 0.496 e. The van der Waals surface area contributed by atoms with E-state index in [1.165, 1.54) is 33.6 Å². The van der Waals surface area contributed by atoms with Crippen molar-refractivity contribution in [2.45, 2.75) is 26.4 Å². The molecule has 10 heteroatoms. The zero-order valence-electron chi connectivity index (χ0n) is 25.1. The molecule has 0 saturated carbocycles. The zero-order chi connectivity index (χ0) is 31.8. The smallest absolute Gasteiger partial charge is 0.274 e. The van der Waals surface area contributed by atoms with Gasteiger partial charge in [-0.2, -0.15) is 0 Å². The number of nitrogens with one attached hydrogen (secondary N) is 1. The Morgan fingerprint density at radius 3 is 2.43 bits per heavy atom. The van der Waals surface area contributed by atoms with Crippen LogP contribution >= 0.6 is 11.6 Å². The van der Waals surface area contributed by atoms with Crippen molar-refractivity contribution in [3.63, 3.8) is 0 Å². The van der Waals surface area contributed by atoms with Crippen molar-refractivity contribution in [2.75, 3.05) is 33.8 Å². The Bertz CT molecular complexity index is 1670. The van der Waals surface area contributed by atoms with Gasteiger partial charge in [0.15, 0.2) is 6.29 Å². The molecule has 0 fully saturated rings. The number of ether oxygens (including phenoxy) is 4. The molecule has 0 radical (unpaired) electrons. The molecular weight excluding hydrogens is 587 g/mol. The third-order valence-corrected chi connectivity index (χ3v) is 7.57. The molecule has 8 nitrogen and oxygen atoms in total. The van der Waals surface area contributed by atoms with E-state index >= 15 is 4.39 Å². The van der Waals surface area contributed by atoms with Gasteiger partial charge in [0.2, 0.25) is 0 Å². The topological polar surface area (TPSA) is 99.1 Å². The van der Waals surface area contributed by atoms with Gasteiger partial charge in [0.05, 0.1) is 31.0 Å². The summed E-state index contributed by atoms with van der Waals surface area (Å²) in [5.41, 5.74) is 5.66. The SMILES string of the molecule is COCc1cc(C(=O)Nc2cccc(-c3cccc(/C=C(\F)c4ccc(CO)c(OC)c4)c3C)c2Cl)ncc1C(OC)OC. The first-order valence-electron chi connectivity index (χ1n) is 13.6. The molecule has 4 rings (SSSR count). The summed E-state index contributed by atoms with van der Waals surface area (Å²) in [5, 5.41) is 12.6. The van der Waals surface area contributed by atoms with Crippen LogP contribution in [0.15, 0.2) is 66.9 Å². The van der Waals surface area contributed by atoms with E-state index in [9.17, 15) is 9.90 Å². The fourth-order valence-corrected chi connectivity index (χ4v) is 5.12. The van der Waals surface area contributed by atoms with Gasteiger partial charge >= 0.3 is 0 Å². The summed E-state index contributed by atoms with van der Waals surface area (Å²) in [7, 11) is 6.05. The molecular formula is C34H34ClFN2O6. The number of methoxy groups -OCH3 is 4. The van der Waals surface area contributed by atoms with Crippen LogP contribution in [0.4, 0.5) is 10.1 Å². The van der Waals surface area contributed by atoms with E-state index in [0.717, 1.165) is 11.1 Å². The molecule has 0 saturated heterocycles. The van der Waals surface area contributed by atoms with Gasteiger partial charge < -0.3 is 29.4 Å². The van der Waals surface area contributed by atoms with E-state index in [2.05, 4.69) is 10.3 Å². The van der Waals surface area contributed by atoms with Crippen LogP contribution < -0.4 is 10.1 Å². The summed E-state index contributed by atoms with van der Waals surface area (Å²) < 4.78 is 36.6. The molecule has 1 heterocycles. The third-order valence-electron chi connectivity index (χ3n) is 7.17. The summed E-state index contributed by atoms with van der Waals surface area (Å²) in [6.45, 7) is 1.89. The molecule has 230 valence electrons. The molecule has 0 spiro atoms. The molecule has 0 aliphatic rings. The predicted molar refractivity (Wildman–Crippen MR) is 169 cm³/mol. The van der Waals surface area contributed by atoms with E-state index in [4.69, 9.17) is 30.5 Å². The molecule has 44 heavy (non-hydrogen) atoms. The van der Waals surface area contributed by atoms with E-state index in [1.54, 1.807) is 43.5 Å². The Morgan fingerprint density at radius 1 is 1.02 bits per heavy atom. The molecule has 0 aliphatic carbocycles. The summed E-state index contributed by atoms with van der Waals surface area (Å²) >= 11 is 6.84. The van der Waals surface area contributed by atoms with Crippen molar-refractivity contribution >= 4 is 35.1 Å². The first-order chi connectivity index (χ1) is 21.3. The van der Waals surface area contributed by atoms with Crippen LogP contribution in [-0.2, 0) is 27.4 Å². The minimum Gasteiger partial charge on any atom is -0.496 e. The number of amides is 1. The highest BCUT2D eigenvalue weighted by molar-refractivity contribution is 6.36. The van der Waals surface area contributed by atoms with Crippen molar-refractivity contribution in [3.05, 3.63) is 111 Å². The number of rotatable bonds is 12. The van der Waals surface area contributed by atoms with Crippen LogP contribution in [0.25, 0.3) is 23.0 Å². The molecule has 0 aliphatic heterocycles. The van der Waals surface area contributed by atoms with E-state index < -0.39 is 18.0 Å². The highest BCUT2D eigenvalue weighted by Gasteiger charge is 2.20. The lowest BCUT2D eigenvalue weighted by Gasteiger charge is -2.18. The maximum Gasteiger partial charge on any atom is 0.274 e. The number of aliphatic hydroxyl groups excluding tert-OH is 1. The maximum atomic E-state index is 15.4. The molecule has 1 amide bonds. The lowest BCUT2D eigenvalue weighted by molar-refractivity contribution is -0.107. The van der Waals surface area contributed by atoms with Gasteiger partial charge in [-0.25, -0.2) is 4.39 Å². The minimum absolute atomic E-state index is 0.163. The Balaban J connectivity index is 1.64. The van der Waals surface area contributed by atoms with Gasteiger partial charge in [-0.3, -0.25) is 9.78 Å². The maximum absolute atomic E-state index is 15.4. The number of carbonyl (C=O) groups excluding carboxylic acids is 1. The van der Waals surface area contributed by atoms with Gasteiger partial charge in [0.25, 0.3) is 5.91 Å². The van der Waals surface area contributed by atoms with E-state index in [-0.39, 0.29) is 18.9 Å². The van der Waals surface area contributed by atoms with Crippen LogP contribution in [0.1, 0.15) is 50.2 Å². The normalized spacial score (nSPS) is 11.6. The quantitative estimate of drug-likeness (QED) is 0.126. The van der Waals surface area contributed by atoms with Crippen molar-refractivity contribution < 1.29 is 33.2 Å². The molecule has 4 aromatic rings. The Kier molecular flexibility index (Phi) is 11.2. The summed E-state index contributed by atoms with van der Waals surface area (Å²) in [6.07, 6.45) is 2.31. The molecule has 0 unspecified atom stereocenters. The van der Waals surface area contributed by atoms with Crippen molar-refractivity contribution in [1.29, 1.82) is 0 Å². The Hall–Kier alpha value is -4.12. The number of carbonyl (C=O) groups is 1. The van der Waals surface area contributed by atoms with Crippen molar-refractivity contribution in [1.82, 2.24) is 4.98 Å². The summed E-state index contributed by atoms with van der Waals surface area (Å²) in [6, 6.07) is 17.2. The molecule has 0 atom stereocenters. The number of hydrogen-bond acceptors (Lipinski definition) is 7. The number of aromatic nitrogens is 1. The average molecular weight is 621 g/mol. The van der Waals surface area contributed by atoms with Crippen LogP contribution in [0, 0.1) is 6.92 Å². The predicted octanol–water partition coefficient (Wildman–Crippen LogP) is 7.37. The van der Waals surface area contributed by atoms with Gasteiger partial charge in [-0.1, -0.05) is 54.1 Å². The highest BCUT2D eigenvalue weighted by Crippen LogP contribution is 2.37. The third kappa shape index (κ3) is 7.15. The first kappa shape index (κ1) is 32.8. The Labute approximate surface area is 261 Å². The Morgan fingerprint density at radius 2 is 1.75 bits per heavy atom. The van der Waals surface area contributed by atoms with Crippen LogP contribution in [-0.4, -0.2) is 44.4 Å². The van der Waals surface area contributed by atoms with Gasteiger partial charge in [-0.15, -0.1) is 0 Å². The molecule has 3 aromatic carbocycles. The van der Waals surface area contributed by atoms with Crippen LogP contribution in [0.5, 0.6) is 5.75 Å². The van der Waals surface area contributed by atoms with Gasteiger partial charge in [0.1, 0.15) is 17.3 Å². The second-order valence-electron chi connectivity index (χ2n) is 9.82. The highest BCUT2D eigenvalue weighted by atomic mass is 35.5.